The van der Waals surface area contributed by atoms with Gasteiger partial charge in [-0.2, -0.15) is 5.21 Å². The zero-order valence-corrected chi connectivity index (χ0v) is 12.0. The summed E-state index contributed by atoms with van der Waals surface area (Å²) in [6.45, 7) is 2.17. The van der Waals surface area contributed by atoms with Crippen LogP contribution in [0.15, 0.2) is 0 Å². The first-order valence-electron chi connectivity index (χ1n) is 7.44. The number of hydrogen-bond acceptors (Lipinski definition) is 5. The average Bonchev–Trinajstić information content (AvgIpc) is 3.00. The number of aromatic nitrogens is 4. The van der Waals surface area contributed by atoms with E-state index in [0.29, 0.717) is 5.82 Å². The van der Waals surface area contributed by atoms with Crippen molar-refractivity contribution in [2.24, 2.45) is 0 Å². The van der Waals surface area contributed by atoms with Crippen LogP contribution in [-0.2, 0) is 9.53 Å². The first kappa shape index (κ1) is 14.9. The quantitative estimate of drug-likeness (QED) is 0.790. The minimum Gasteiger partial charge on any atom is -0.368 e. The summed E-state index contributed by atoms with van der Waals surface area (Å²) in [5, 5.41) is 16.7. The Kier molecular flexibility index (Phi) is 5.91. The minimum absolute atomic E-state index is 0.112. The summed E-state index contributed by atoms with van der Waals surface area (Å²) >= 11 is 0. The lowest BCUT2D eigenvalue weighted by Crippen LogP contribution is -2.34. The summed E-state index contributed by atoms with van der Waals surface area (Å²) < 4.78 is 5.66. The molecule has 1 unspecified atom stereocenters. The molecule has 0 aromatic carbocycles. The molecule has 0 bridgehead atoms. The standard InChI is InChI=1S/C13H23N5O2/c1-2-6-11(13-15-17-18-16-13)14-12(19)9-20-10-7-4-3-5-8-10/h10-11H,2-9H2,1H3,(H,14,19)(H,15,16,17,18). The molecule has 1 aromatic heterocycles. The Hall–Kier alpha value is -1.50. The van der Waals surface area contributed by atoms with E-state index in [9.17, 15) is 4.79 Å². The maximum absolute atomic E-state index is 11.9. The van der Waals surface area contributed by atoms with Gasteiger partial charge in [-0.1, -0.05) is 37.8 Å². The van der Waals surface area contributed by atoms with Crippen molar-refractivity contribution in [3.8, 4) is 0 Å². The number of carbonyl (C=O) groups is 1. The van der Waals surface area contributed by atoms with E-state index in [2.05, 4.69) is 32.9 Å². The molecule has 7 nitrogen and oxygen atoms in total. The molecule has 1 atom stereocenters. The fourth-order valence-electron chi connectivity index (χ4n) is 2.53. The van der Waals surface area contributed by atoms with Gasteiger partial charge in [0.05, 0.1) is 12.1 Å². The number of aromatic amines is 1. The number of H-pyrrole nitrogens is 1. The van der Waals surface area contributed by atoms with Crippen LogP contribution in [-0.4, -0.2) is 39.2 Å². The van der Waals surface area contributed by atoms with E-state index in [1.165, 1.54) is 19.3 Å². The third kappa shape index (κ3) is 4.56. The van der Waals surface area contributed by atoms with Gasteiger partial charge < -0.3 is 10.1 Å². The lowest BCUT2D eigenvalue weighted by atomic mass is 9.98. The minimum atomic E-state index is -0.193. The van der Waals surface area contributed by atoms with Gasteiger partial charge in [0, 0.05) is 0 Å². The second-order valence-electron chi connectivity index (χ2n) is 5.25. The van der Waals surface area contributed by atoms with E-state index in [0.717, 1.165) is 25.7 Å². The van der Waals surface area contributed by atoms with E-state index >= 15 is 0 Å². The maximum atomic E-state index is 11.9. The highest BCUT2D eigenvalue weighted by atomic mass is 16.5. The Bertz CT molecular complexity index is 389. The van der Waals surface area contributed by atoms with Crippen molar-refractivity contribution in [2.45, 2.75) is 64.0 Å². The highest BCUT2D eigenvalue weighted by Crippen LogP contribution is 2.20. The van der Waals surface area contributed by atoms with E-state index < -0.39 is 0 Å². The van der Waals surface area contributed by atoms with Gasteiger partial charge in [0.2, 0.25) is 5.91 Å². The molecule has 1 saturated carbocycles. The van der Waals surface area contributed by atoms with Crippen molar-refractivity contribution in [3.63, 3.8) is 0 Å². The fraction of sp³-hybridized carbons (Fsp3) is 0.846. The summed E-state index contributed by atoms with van der Waals surface area (Å²) in [6.07, 6.45) is 7.78. The number of amides is 1. The molecular formula is C13H23N5O2. The number of nitrogens with one attached hydrogen (secondary N) is 2. The van der Waals surface area contributed by atoms with E-state index in [4.69, 9.17) is 4.74 Å². The molecule has 1 heterocycles. The molecule has 0 aliphatic heterocycles. The predicted octanol–water partition coefficient (Wildman–Crippen LogP) is 1.51. The summed E-state index contributed by atoms with van der Waals surface area (Å²) in [7, 11) is 0. The molecule has 1 aliphatic carbocycles. The summed E-state index contributed by atoms with van der Waals surface area (Å²) in [5.74, 6) is 0.414. The smallest absolute Gasteiger partial charge is 0.246 e. The van der Waals surface area contributed by atoms with Gasteiger partial charge >= 0.3 is 0 Å². The number of rotatable bonds is 7. The van der Waals surface area contributed by atoms with Crippen molar-refractivity contribution < 1.29 is 9.53 Å². The topological polar surface area (TPSA) is 92.8 Å². The van der Waals surface area contributed by atoms with Gasteiger partial charge in [-0.15, -0.1) is 10.2 Å². The Morgan fingerprint density at radius 3 is 2.90 bits per heavy atom. The fourth-order valence-corrected chi connectivity index (χ4v) is 2.53. The molecular weight excluding hydrogens is 258 g/mol. The van der Waals surface area contributed by atoms with Crippen LogP contribution in [0.5, 0.6) is 0 Å². The Labute approximate surface area is 118 Å². The number of hydrogen-bond donors (Lipinski definition) is 2. The van der Waals surface area contributed by atoms with Gasteiger partial charge in [-0.3, -0.25) is 4.79 Å². The van der Waals surface area contributed by atoms with E-state index in [-0.39, 0.29) is 24.7 Å². The Morgan fingerprint density at radius 2 is 2.25 bits per heavy atom. The molecule has 2 N–H and O–H groups in total. The second-order valence-corrected chi connectivity index (χ2v) is 5.25. The molecule has 1 aliphatic rings. The first-order valence-corrected chi connectivity index (χ1v) is 7.44. The van der Waals surface area contributed by atoms with Crippen LogP contribution in [0.1, 0.15) is 63.7 Å². The number of tetrazole rings is 1. The molecule has 112 valence electrons. The van der Waals surface area contributed by atoms with Crippen LogP contribution in [0.4, 0.5) is 0 Å². The van der Waals surface area contributed by atoms with Gasteiger partial charge in [0.15, 0.2) is 5.82 Å². The van der Waals surface area contributed by atoms with Crippen LogP contribution in [0.2, 0.25) is 0 Å². The van der Waals surface area contributed by atoms with E-state index in [1.807, 2.05) is 0 Å². The molecule has 0 radical (unpaired) electrons. The molecule has 2 rings (SSSR count). The van der Waals surface area contributed by atoms with Crippen LogP contribution in [0, 0.1) is 0 Å². The number of ether oxygens (including phenoxy) is 1. The SMILES string of the molecule is CCCC(NC(=O)COC1CCCCC1)c1nn[nH]n1. The highest BCUT2D eigenvalue weighted by Gasteiger charge is 2.19. The van der Waals surface area contributed by atoms with Crippen molar-refractivity contribution >= 4 is 5.91 Å². The molecule has 0 spiro atoms. The third-order valence-electron chi connectivity index (χ3n) is 3.59. The molecule has 1 amide bonds. The van der Waals surface area contributed by atoms with E-state index in [1.54, 1.807) is 0 Å². The lowest BCUT2D eigenvalue weighted by molar-refractivity contribution is -0.129. The average molecular weight is 281 g/mol. The number of carbonyl (C=O) groups excluding carboxylic acids is 1. The summed E-state index contributed by atoms with van der Waals surface area (Å²) in [5.41, 5.74) is 0. The maximum Gasteiger partial charge on any atom is 0.246 e. The summed E-state index contributed by atoms with van der Waals surface area (Å²) in [6, 6.07) is -0.193. The number of nitrogens with zero attached hydrogens (tertiary/aromatic N) is 3. The zero-order valence-electron chi connectivity index (χ0n) is 12.0. The predicted molar refractivity (Wildman–Crippen MR) is 72.8 cm³/mol. The summed E-state index contributed by atoms with van der Waals surface area (Å²) in [4.78, 5) is 11.9. The molecule has 0 saturated heterocycles. The van der Waals surface area contributed by atoms with Crippen LogP contribution in [0.3, 0.4) is 0 Å². The first-order chi connectivity index (χ1) is 9.79. The third-order valence-corrected chi connectivity index (χ3v) is 3.59. The Balaban J connectivity index is 1.76. The van der Waals surface area contributed by atoms with Gasteiger partial charge in [-0.05, 0) is 19.3 Å². The highest BCUT2D eigenvalue weighted by molar-refractivity contribution is 5.77. The molecule has 1 fully saturated rings. The van der Waals surface area contributed by atoms with Crippen LogP contribution >= 0.6 is 0 Å². The lowest BCUT2D eigenvalue weighted by Gasteiger charge is -2.22. The van der Waals surface area contributed by atoms with Gasteiger partial charge in [0.25, 0.3) is 0 Å². The monoisotopic (exact) mass is 281 g/mol. The van der Waals surface area contributed by atoms with Crippen molar-refractivity contribution in [1.82, 2.24) is 25.9 Å². The normalized spacial score (nSPS) is 17.9. The van der Waals surface area contributed by atoms with Crippen LogP contribution in [0.25, 0.3) is 0 Å². The Morgan fingerprint density at radius 1 is 1.45 bits per heavy atom. The van der Waals surface area contributed by atoms with Gasteiger partial charge in [0.1, 0.15) is 6.61 Å². The molecule has 7 heteroatoms. The van der Waals surface area contributed by atoms with Crippen molar-refractivity contribution in [2.75, 3.05) is 6.61 Å². The van der Waals surface area contributed by atoms with Gasteiger partial charge in [-0.25, -0.2) is 0 Å². The largest absolute Gasteiger partial charge is 0.368 e. The second kappa shape index (κ2) is 7.94. The van der Waals surface area contributed by atoms with Crippen molar-refractivity contribution in [3.05, 3.63) is 5.82 Å². The van der Waals surface area contributed by atoms with Crippen molar-refractivity contribution in [1.29, 1.82) is 0 Å². The molecule has 20 heavy (non-hydrogen) atoms. The molecule has 1 aromatic rings. The van der Waals surface area contributed by atoms with Crippen LogP contribution < -0.4 is 5.32 Å². The zero-order chi connectivity index (χ0) is 14.2.